The minimum atomic E-state index is -0.300. The van der Waals surface area contributed by atoms with Gasteiger partial charge in [0.15, 0.2) is 0 Å². The Morgan fingerprint density at radius 1 is 1.10 bits per heavy atom. The third kappa shape index (κ3) is 4.24. The van der Waals surface area contributed by atoms with Crippen molar-refractivity contribution in [3.63, 3.8) is 0 Å². The SMILES string of the molecule is CCCCCCCCCC(O)c1cccc2c1NCC2. The Kier molecular flexibility index (Phi) is 6.38. The largest absolute Gasteiger partial charge is 0.388 e. The molecule has 2 rings (SSSR count). The van der Waals surface area contributed by atoms with E-state index in [0.29, 0.717) is 0 Å². The Hall–Kier alpha value is -1.02. The summed E-state index contributed by atoms with van der Waals surface area (Å²) in [5, 5.41) is 13.8. The lowest BCUT2D eigenvalue weighted by Gasteiger charge is -2.15. The second-order valence-electron chi connectivity index (χ2n) is 5.98. The van der Waals surface area contributed by atoms with Crippen LogP contribution in [-0.4, -0.2) is 11.7 Å². The van der Waals surface area contributed by atoms with Crippen LogP contribution in [0.1, 0.15) is 75.5 Å². The Morgan fingerprint density at radius 2 is 1.85 bits per heavy atom. The molecular formula is C18H29NO. The first-order valence-electron chi connectivity index (χ1n) is 8.36. The van der Waals surface area contributed by atoms with Gasteiger partial charge in [-0.05, 0) is 18.4 Å². The van der Waals surface area contributed by atoms with E-state index in [1.807, 2.05) is 0 Å². The molecule has 0 amide bonds. The third-order valence-electron chi connectivity index (χ3n) is 4.32. The number of hydrogen-bond donors (Lipinski definition) is 2. The first kappa shape index (κ1) is 15.4. The van der Waals surface area contributed by atoms with Gasteiger partial charge < -0.3 is 10.4 Å². The van der Waals surface area contributed by atoms with Gasteiger partial charge in [0, 0.05) is 17.8 Å². The molecule has 1 aromatic rings. The standard InChI is InChI=1S/C18H29NO/c1-2-3-4-5-6-7-8-12-17(20)16-11-9-10-15-13-14-19-18(15)16/h9-11,17,19-20H,2-8,12-14H2,1H3. The smallest absolute Gasteiger partial charge is 0.0810 e. The van der Waals surface area contributed by atoms with E-state index >= 15 is 0 Å². The summed E-state index contributed by atoms with van der Waals surface area (Å²) >= 11 is 0. The number of rotatable bonds is 9. The van der Waals surface area contributed by atoms with Crippen LogP contribution in [0, 0.1) is 0 Å². The van der Waals surface area contributed by atoms with Crippen LogP contribution < -0.4 is 5.32 Å². The molecule has 0 saturated carbocycles. The molecule has 0 bridgehead atoms. The number of hydrogen-bond acceptors (Lipinski definition) is 2. The molecule has 2 N–H and O–H groups in total. The monoisotopic (exact) mass is 275 g/mol. The van der Waals surface area contributed by atoms with Crippen LogP contribution in [0.15, 0.2) is 18.2 Å². The highest BCUT2D eigenvalue weighted by atomic mass is 16.3. The number of anilines is 1. The molecule has 2 nitrogen and oxygen atoms in total. The van der Waals surface area contributed by atoms with Crippen LogP contribution in [-0.2, 0) is 6.42 Å². The van der Waals surface area contributed by atoms with E-state index in [1.165, 1.54) is 49.8 Å². The average molecular weight is 275 g/mol. The highest BCUT2D eigenvalue weighted by Crippen LogP contribution is 2.32. The minimum absolute atomic E-state index is 0.300. The zero-order valence-corrected chi connectivity index (χ0v) is 12.8. The summed E-state index contributed by atoms with van der Waals surface area (Å²) in [6.07, 6.45) is 10.8. The van der Waals surface area contributed by atoms with Crippen molar-refractivity contribution in [2.24, 2.45) is 0 Å². The number of unbranched alkanes of at least 4 members (excludes halogenated alkanes) is 6. The molecule has 2 heteroatoms. The molecule has 1 aromatic carbocycles. The quantitative estimate of drug-likeness (QED) is 0.633. The molecule has 1 atom stereocenters. The Bertz CT molecular complexity index is 402. The van der Waals surface area contributed by atoms with Crippen molar-refractivity contribution < 1.29 is 5.11 Å². The Labute approximate surface area is 123 Å². The van der Waals surface area contributed by atoms with Gasteiger partial charge in [0.2, 0.25) is 0 Å². The van der Waals surface area contributed by atoms with Crippen LogP contribution in [0.3, 0.4) is 0 Å². The van der Waals surface area contributed by atoms with Gasteiger partial charge in [-0.15, -0.1) is 0 Å². The summed E-state index contributed by atoms with van der Waals surface area (Å²) in [4.78, 5) is 0. The van der Waals surface area contributed by atoms with Crippen molar-refractivity contribution in [1.82, 2.24) is 0 Å². The first-order chi connectivity index (χ1) is 9.83. The fraction of sp³-hybridized carbons (Fsp3) is 0.667. The van der Waals surface area contributed by atoms with Crippen molar-refractivity contribution >= 4 is 5.69 Å². The van der Waals surface area contributed by atoms with Crippen LogP contribution in [0.2, 0.25) is 0 Å². The summed E-state index contributed by atoms with van der Waals surface area (Å²) < 4.78 is 0. The summed E-state index contributed by atoms with van der Waals surface area (Å²) in [6.45, 7) is 3.26. The highest BCUT2D eigenvalue weighted by Gasteiger charge is 2.18. The number of para-hydroxylation sites is 1. The van der Waals surface area contributed by atoms with Gasteiger partial charge in [0.25, 0.3) is 0 Å². The second kappa shape index (κ2) is 8.31. The lowest BCUT2D eigenvalue weighted by atomic mass is 9.98. The Balaban J connectivity index is 1.70. The molecule has 1 aliphatic heterocycles. The number of aliphatic hydroxyl groups is 1. The molecule has 0 spiro atoms. The molecular weight excluding hydrogens is 246 g/mol. The molecule has 20 heavy (non-hydrogen) atoms. The van der Waals surface area contributed by atoms with Gasteiger partial charge in [0.05, 0.1) is 6.10 Å². The maximum absolute atomic E-state index is 10.4. The number of fused-ring (bicyclic) bond motifs is 1. The molecule has 112 valence electrons. The highest BCUT2D eigenvalue weighted by molar-refractivity contribution is 5.61. The maximum atomic E-state index is 10.4. The maximum Gasteiger partial charge on any atom is 0.0810 e. The third-order valence-corrected chi connectivity index (χ3v) is 4.32. The molecule has 0 saturated heterocycles. The zero-order chi connectivity index (χ0) is 14.2. The first-order valence-corrected chi connectivity index (χ1v) is 8.36. The molecule has 1 aliphatic rings. The van der Waals surface area contributed by atoms with Crippen LogP contribution >= 0.6 is 0 Å². The fourth-order valence-corrected chi connectivity index (χ4v) is 3.09. The van der Waals surface area contributed by atoms with E-state index in [0.717, 1.165) is 31.4 Å². The Morgan fingerprint density at radius 3 is 2.65 bits per heavy atom. The zero-order valence-electron chi connectivity index (χ0n) is 12.8. The van der Waals surface area contributed by atoms with Crippen molar-refractivity contribution in [3.8, 4) is 0 Å². The van der Waals surface area contributed by atoms with Gasteiger partial charge in [0.1, 0.15) is 0 Å². The predicted molar refractivity (Wildman–Crippen MR) is 86.2 cm³/mol. The normalized spacial score (nSPS) is 14.9. The van der Waals surface area contributed by atoms with Crippen molar-refractivity contribution in [2.75, 3.05) is 11.9 Å². The van der Waals surface area contributed by atoms with E-state index in [2.05, 4.69) is 30.4 Å². The lowest BCUT2D eigenvalue weighted by molar-refractivity contribution is 0.164. The van der Waals surface area contributed by atoms with E-state index < -0.39 is 0 Å². The van der Waals surface area contributed by atoms with Gasteiger partial charge in [-0.1, -0.05) is 70.1 Å². The van der Waals surface area contributed by atoms with Crippen molar-refractivity contribution in [3.05, 3.63) is 29.3 Å². The second-order valence-corrected chi connectivity index (χ2v) is 5.98. The van der Waals surface area contributed by atoms with Gasteiger partial charge in [-0.25, -0.2) is 0 Å². The summed E-state index contributed by atoms with van der Waals surface area (Å²) in [6, 6.07) is 6.32. The van der Waals surface area contributed by atoms with Crippen LogP contribution in [0.25, 0.3) is 0 Å². The molecule has 0 aliphatic carbocycles. The van der Waals surface area contributed by atoms with E-state index in [-0.39, 0.29) is 6.10 Å². The summed E-state index contributed by atoms with van der Waals surface area (Å²) in [5.74, 6) is 0. The minimum Gasteiger partial charge on any atom is -0.388 e. The summed E-state index contributed by atoms with van der Waals surface area (Å²) in [5.41, 5.74) is 3.66. The number of nitrogens with one attached hydrogen (secondary N) is 1. The van der Waals surface area contributed by atoms with E-state index in [9.17, 15) is 5.11 Å². The van der Waals surface area contributed by atoms with Crippen LogP contribution in [0.5, 0.6) is 0 Å². The molecule has 0 fully saturated rings. The molecule has 1 heterocycles. The van der Waals surface area contributed by atoms with E-state index in [1.54, 1.807) is 0 Å². The molecule has 1 unspecified atom stereocenters. The van der Waals surface area contributed by atoms with Crippen LogP contribution in [0.4, 0.5) is 5.69 Å². The van der Waals surface area contributed by atoms with Crippen molar-refractivity contribution in [1.29, 1.82) is 0 Å². The number of aliphatic hydroxyl groups excluding tert-OH is 1. The molecule has 0 radical (unpaired) electrons. The van der Waals surface area contributed by atoms with Gasteiger partial charge in [-0.3, -0.25) is 0 Å². The summed E-state index contributed by atoms with van der Waals surface area (Å²) in [7, 11) is 0. The van der Waals surface area contributed by atoms with Gasteiger partial charge in [-0.2, -0.15) is 0 Å². The number of benzene rings is 1. The topological polar surface area (TPSA) is 32.3 Å². The average Bonchev–Trinajstić information content (AvgIpc) is 2.94. The fourth-order valence-electron chi connectivity index (χ4n) is 3.09. The van der Waals surface area contributed by atoms with Gasteiger partial charge >= 0.3 is 0 Å². The predicted octanol–water partition coefficient (Wildman–Crippen LogP) is 4.83. The van der Waals surface area contributed by atoms with Crippen molar-refractivity contribution in [2.45, 2.75) is 70.8 Å². The lowest BCUT2D eigenvalue weighted by Crippen LogP contribution is -2.02. The molecule has 0 aromatic heterocycles. The van der Waals surface area contributed by atoms with E-state index in [4.69, 9.17) is 0 Å².